The van der Waals surface area contributed by atoms with Crippen molar-refractivity contribution in [2.24, 2.45) is 10.7 Å². The fourth-order valence-corrected chi connectivity index (χ4v) is 3.73. The van der Waals surface area contributed by atoms with Crippen LogP contribution in [-0.2, 0) is 25.7 Å². The molecule has 2 amide bonds. The zero-order valence-corrected chi connectivity index (χ0v) is 17.9. The van der Waals surface area contributed by atoms with Crippen LogP contribution in [0.15, 0.2) is 23.2 Å². The van der Waals surface area contributed by atoms with Crippen molar-refractivity contribution in [3.05, 3.63) is 23.8 Å². The minimum absolute atomic E-state index is 0.0415. The molecule has 0 aliphatic carbocycles. The molecule has 1 unspecified atom stereocenters. The van der Waals surface area contributed by atoms with E-state index >= 15 is 0 Å². The third-order valence-corrected chi connectivity index (χ3v) is 5.31. The minimum atomic E-state index is -0.622. The first kappa shape index (κ1) is 22.6. The van der Waals surface area contributed by atoms with Crippen molar-refractivity contribution >= 4 is 29.4 Å². The summed E-state index contributed by atoms with van der Waals surface area (Å²) in [5.41, 5.74) is 7.01. The van der Waals surface area contributed by atoms with E-state index in [9.17, 15) is 14.4 Å². The van der Waals surface area contributed by atoms with Gasteiger partial charge in [0.2, 0.25) is 17.8 Å². The number of nitrogens with one attached hydrogen (secondary N) is 1. The molecular weight excluding hydrogens is 400 g/mol. The molecule has 0 spiro atoms. The summed E-state index contributed by atoms with van der Waals surface area (Å²) in [6, 6.07) is 5.08. The predicted molar refractivity (Wildman–Crippen MR) is 115 cm³/mol. The van der Waals surface area contributed by atoms with Crippen molar-refractivity contribution in [1.29, 1.82) is 0 Å². The number of benzene rings is 1. The lowest BCUT2D eigenvalue weighted by atomic mass is 10.1. The minimum Gasteiger partial charge on any atom is -0.494 e. The molecule has 1 aromatic carbocycles. The first-order chi connectivity index (χ1) is 14.9. The lowest BCUT2D eigenvalue weighted by Gasteiger charge is -2.27. The molecule has 3 N–H and O–H groups in total. The van der Waals surface area contributed by atoms with E-state index in [-0.39, 0.29) is 18.3 Å². The monoisotopic (exact) mass is 430 g/mol. The van der Waals surface area contributed by atoms with Crippen LogP contribution in [0.5, 0.6) is 5.75 Å². The number of esters is 1. The summed E-state index contributed by atoms with van der Waals surface area (Å²) >= 11 is 0. The van der Waals surface area contributed by atoms with Crippen LogP contribution >= 0.6 is 0 Å². The standard InChI is InChI=1S/C22H30N4O5/c1-15(27)30-10-6-4-2-3-5-7-11-31-17-8-9-18-16(12-17)14-26-19(13-20(23)28)21(29)25-22(26)24-18/h8-9,12,19H,2-7,10-11,13-14H2,1H3,(H2,23,28)(H,24,25,29). The van der Waals surface area contributed by atoms with Gasteiger partial charge in [-0.15, -0.1) is 0 Å². The summed E-state index contributed by atoms with van der Waals surface area (Å²) in [5.74, 6) is 0.235. The topological polar surface area (TPSA) is 123 Å². The van der Waals surface area contributed by atoms with E-state index in [0.717, 1.165) is 55.5 Å². The maximum Gasteiger partial charge on any atom is 0.302 e. The third-order valence-electron chi connectivity index (χ3n) is 5.31. The van der Waals surface area contributed by atoms with Gasteiger partial charge < -0.3 is 20.1 Å². The molecule has 9 nitrogen and oxygen atoms in total. The van der Waals surface area contributed by atoms with Gasteiger partial charge in [0, 0.05) is 19.0 Å². The highest BCUT2D eigenvalue weighted by molar-refractivity contribution is 6.09. The van der Waals surface area contributed by atoms with Crippen LogP contribution in [0.3, 0.4) is 0 Å². The molecule has 31 heavy (non-hydrogen) atoms. The first-order valence-electron chi connectivity index (χ1n) is 10.8. The van der Waals surface area contributed by atoms with Crippen molar-refractivity contribution in [2.45, 2.75) is 64.5 Å². The highest BCUT2D eigenvalue weighted by atomic mass is 16.5. The number of unbranched alkanes of at least 4 members (excludes halogenated alkanes) is 5. The molecule has 1 saturated heterocycles. The Kier molecular flexibility index (Phi) is 7.86. The van der Waals surface area contributed by atoms with Crippen molar-refractivity contribution in [1.82, 2.24) is 10.2 Å². The van der Waals surface area contributed by atoms with Crippen LogP contribution in [-0.4, -0.2) is 47.9 Å². The Labute approximate surface area is 182 Å². The molecule has 2 aliphatic rings. The van der Waals surface area contributed by atoms with Crippen LogP contribution in [0.25, 0.3) is 0 Å². The van der Waals surface area contributed by atoms with Crippen LogP contribution in [0, 0.1) is 0 Å². The number of primary amides is 1. The molecule has 1 fully saturated rings. The van der Waals surface area contributed by atoms with Crippen LogP contribution < -0.4 is 15.8 Å². The predicted octanol–water partition coefficient (Wildman–Crippen LogP) is 2.15. The quantitative estimate of drug-likeness (QED) is 0.387. The summed E-state index contributed by atoms with van der Waals surface area (Å²) in [6.45, 7) is 3.04. The lowest BCUT2D eigenvalue weighted by Crippen LogP contribution is -2.39. The number of amides is 2. The number of ether oxygens (including phenoxy) is 2. The van der Waals surface area contributed by atoms with E-state index < -0.39 is 11.9 Å². The Balaban J connectivity index is 1.40. The van der Waals surface area contributed by atoms with Crippen LogP contribution in [0.4, 0.5) is 5.69 Å². The molecule has 0 radical (unpaired) electrons. The summed E-state index contributed by atoms with van der Waals surface area (Å²) in [4.78, 5) is 40.4. The Morgan fingerprint density at radius 1 is 1.16 bits per heavy atom. The Hall–Kier alpha value is -3.10. The smallest absolute Gasteiger partial charge is 0.302 e. The lowest BCUT2D eigenvalue weighted by molar-refractivity contribution is -0.141. The number of nitrogens with two attached hydrogens (primary N) is 1. The molecule has 2 heterocycles. The molecule has 1 aromatic rings. The number of nitrogens with zero attached hydrogens (tertiary/aromatic N) is 2. The SMILES string of the molecule is CC(=O)OCCCCCCCCOc1ccc2c(c1)CN1C(=N2)NC(=O)C1CC(N)=O. The second-order valence-electron chi connectivity index (χ2n) is 7.84. The van der Waals surface area contributed by atoms with Gasteiger partial charge in [-0.05, 0) is 31.0 Å². The fraction of sp³-hybridized carbons (Fsp3) is 0.545. The zero-order valence-electron chi connectivity index (χ0n) is 17.9. The van der Waals surface area contributed by atoms with Gasteiger partial charge in [-0.2, -0.15) is 0 Å². The van der Waals surface area contributed by atoms with E-state index in [4.69, 9.17) is 15.2 Å². The molecule has 0 saturated carbocycles. The normalized spacial score (nSPS) is 16.8. The summed E-state index contributed by atoms with van der Waals surface area (Å²) < 4.78 is 10.8. The molecule has 1 atom stereocenters. The summed E-state index contributed by atoms with van der Waals surface area (Å²) in [7, 11) is 0. The molecule has 168 valence electrons. The van der Waals surface area contributed by atoms with Crippen LogP contribution in [0.1, 0.15) is 57.4 Å². The second-order valence-corrected chi connectivity index (χ2v) is 7.84. The molecule has 2 aliphatic heterocycles. The van der Waals surface area contributed by atoms with Gasteiger partial charge in [-0.1, -0.05) is 25.7 Å². The molecule has 9 heteroatoms. The number of rotatable bonds is 12. The second kappa shape index (κ2) is 10.8. The van der Waals surface area contributed by atoms with Crippen molar-refractivity contribution < 1.29 is 23.9 Å². The van der Waals surface area contributed by atoms with Crippen molar-refractivity contribution in [3.8, 4) is 5.75 Å². The highest BCUT2D eigenvalue weighted by Crippen LogP contribution is 2.32. The maximum absolute atomic E-state index is 12.1. The van der Waals surface area contributed by atoms with E-state index in [1.807, 2.05) is 18.2 Å². The molecular formula is C22H30N4O5. The van der Waals surface area contributed by atoms with Crippen molar-refractivity contribution in [2.75, 3.05) is 13.2 Å². The van der Waals surface area contributed by atoms with Gasteiger partial charge in [-0.25, -0.2) is 4.99 Å². The average molecular weight is 431 g/mol. The number of aliphatic imine (C=N–C) groups is 1. The van der Waals surface area contributed by atoms with Crippen LogP contribution in [0.2, 0.25) is 0 Å². The number of guanidine groups is 1. The summed E-state index contributed by atoms with van der Waals surface area (Å²) in [5, 5.41) is 2.72. The number of carbonyl (C=O) groups is 3. The van der Waals surface area contributed by atoms with Gasteiger partial charge in [0.05, 0.1) is 25.3 Å². The van der Waals surface area contributed by atoms with E-state index in [2.05, 4.69) is 10.3 Å². The Morgan fingerprint density at radius 3 is 2.58 bits per heavy atom. The third kappa shape index (κ3) is 6.44. The fourth-order valence-electron chi connectivity index (χ4n) is 3.73. The van der Waals surface area contributed by atoms with Gasteiger partial charge in [0.1, 0.15) is 11.8 Å². The number of hydrogen-bond acceptors (Lipinski definition) is 7. The zero-order chi connectivity index (χ0) is 22.2. The maximum atomic E-state index is 12.1. The van der Waals surface area contributed by atoms with E-state index in [0.29, 0.717) is 25.7 Å². The Morgan fingerprint density at radius 2 is 1.87 bits per heavy atom. The molecule has 3 rings (SSSR count). The van der Waals surface area contributed by atoms with Gasteiger partial charge in [0.25, 0.3) is 0 Å². The molecule has 0 aromatic heterocycles. The van der Waals surface area contributed by atoms with Gasteiger partial charge in [-0.3, -0.25) is 19.7 Å². The Bertz CT molecular complexity index is 854. The first-order valence-corrected chi connectivity index (χ1v) is 10.8. The number of fused-ring (bicyclic) bond motifs is 2. The largest absolute Gasteiger partial charge is 0.494 e. The molecule has 0 bridgehead atoms. The average Bonchev–Trinajstić information content (AvgIpc) is 3.01. The van der Waals surface area contributed by atoms with Gasteiger partial charge in [0.15, 0.2) is 0 Å². The van der Waals surface area contributed by atoms with Crippen molar-refractivity contribution in [3.63, 3.8) is 0 Å². The van der Waals surface area contributed by atoms with Gasteiger partial charge >= 0.3 is 5.97 Å². The summed E-state index contributed by atoms with van der Waals surface area (Å²) in [6.07, 6.45) is 6.23. The van der Waals surface area contributed by atoms with E-state index in [1.54, 1.807) is 4.90 Å². The van der Waals surface area contributed by atoms with E-state index in [1.165, 1.54) is 6.92 Å². The number of carbonyl (C=O) groups excluding carboxylic acids is 3. The highest BCUT2D eigenvalue weighted by Gasteiger charge is 2.39. The number of hydrogen-bond donors (Lipinski definition) is 2.